The first-order valence-electron chi connectivity index (χ1n) is 9.86. The lowest BCUT2D eigenvalue weighted by Crippen LogP contribution is -2.41. The molecule has 0 spiro atoms. The zero-order valence-electron chi connectivity index (χ0n) is 16.9. The quantitative estimate of drug-likeness (QED) is 0.390. The summed E-state index contributed by atoms with van der Waals surface area (Å²) in [7, 11) is 0. The second-order valence-corrected chi connectivity index (χ2v) is 7.02. The number of anilines is 1. The van der Waals surface area contributed by atoms with E-state index in [1.54, 1.807) is 48.5 Å². The van der Waals surface area contributed by atoms with E-state index in [0.29, 0.717) is 28.6 Å². The molecule has 7 nitrogen and oxygen atoms in total. The first kappa shape index (κ1) is 23.2. The molecule has 0 aliphatic heterocycles. The summed E-state index contributed by atoms with van der Waals surface area (Å²) in [6, 6.07) is 13.5. The normalized spacial score (nSPS) is 10.2. The number of hydrazine groups is 1. The Balaban J connectivity index is 1.69. The van der Waals surface area contributed by atoms with Crippen LogP contribution in [0.5, 0.6) is 5.75 Å². The molecule has 0 aliphatic rings. The lowest BCUT2D eigenvalue weighted by molar-refractivity contribution is -0.124. The fourth-order valence-electron chi connectivity index (χ4n) is 2.51. The van der Waals surface area contributed by atoms with Crippen LogP contribution in [-0.2, 0) is 9.59 Å². The van der Waals surface area contributed by atoms with Crippen molar-refractivity contribution >= 4 is 35.0 Å². The van der Waals surface area contributed by atoms with Gasteiger partial charge in [0.15, 0.2) is 0 Å². The van der Waals surface area contributed by atoms with Crippen LogP contribution in [0.2, 0.25) is 5.02 Å². The maximum Gasteiger partial charge on any atom is 0.269 e. The zero-order valence-corrected chi connectivity index (χ0v) is 17.6. The molecule has 3 N–H and O–H groups in total. The number of ether oxygens (including phenoxy) is 1. The first-order valence-corrected chi connectivity index (χ1v) is 10.2. The van der Waals surface area contributed by atoms with Crippen LogP contribution in [0.3, 0.4) is 0 Å². The number of amides is 3. The molecule has 8 heteroatoms. The van der Waals surface area contributed by atoms with Gasteiger partial charge in [-0.2, -0.15) is 0 Å². The van der Waals surface area contributed by atoms with E-state index in [4.69, 9.17) is 16.3 Å². The summed E-state index contributed by atoms with van der Waals surface area (Å²) in [4.78, 5) is 35.9. The largest absolute Gasteiger partial charge is 0.494 e. The maximum atomic E-state index is 12.1. The monoisotopic (exact) mass is 431 g/mol. The van der Waals surface area contributed by atoms with Gasteiger partial charge in [-0.25, -0.2) is 0 Å². The highest BCUT2D eigenvalue weighted by atomic mass is 35.5. The minimum atomic E-state index is -0.478. The van der Waals surface area contributed by atoms with Crippen LogP contribution in [0.4, 0.5) is 5.69 Å². The smallest absolute Gasteiger partial charge is 0.269 e. The van der Waals surface area contributed by atoms with Crippen molar-refractivity contribution in [2.45, 2.75) is 39.0 Å². The second kappa shape index (κ2) is 12.5. The average molecular weight is 432 g/mol. The van der Waals surface area contributed by atoms with Crippen molar-refractivity contribution in [1.29, 1.82) is 0 Å². The predicted molar refractivity (Wildman–Crippen MR) is 116 cm³/mol. The number of carbonyl (C=O) groups excluding carboxylic acids is 3. The summed E-state index contributed by atoms with van der Waals surface area (Å²) in [5.74, 6) is -0.592. The molecule has 0 aliphatic carbocycles. The van der Waals surface area contributed by atoms with Crippen molar-refractivity contribution < 1.29 is 19.1 Å². The molecule has 0 saturated heterocycles. The van der Waals surface area contributed by atoms with E-state index < -0.39 is 11.8 Å². The lowest BCUT2D eigenvalue weighted by Gasteiger charge is -2.09. The summed E-state index contributed by atoms with van der Waals surface area (Å²) < 4.78 is 5.60. The van der Waals surface area contributed by atoms with Crippen LogP contribution in [0.1, 0.15) is 49.4 Å². The van der Waals surface area contributed by atoms with Gasteiger partial charge in [-0.15, -0.1) is 0 Å². The van der Waals surface area contributed by atoms with Crippen molar-refractivity contribution in [3.05, 3.63) is 59.1 Å². The van der Waals surface area contributed by atoms with E-state index in [2.05, 4.69) is 23.1 Å². The van der Waals surface area contributed by atoms with E-state index in [1.165, 1.54) is 0 Å². The minimum absolute atomic E-state index is 0.0446. The number of rotatable bonds is 10. The number of nitrogens with one attached hydrogen (secondary N) is 3. The van der Waals surface area contributed by atoms with E-state index in [1.807, 2.05) is 0 Å². The molecule has 0 heterocycles. The molecular weight excluding hydrogens is 406 g/mol. The minimum Gasteiger partial charge on any atom is -0.494 e. The van der Waals surface area contributed by atoms with Gasteiger partial charge >= 0.3 is 0 Å². The lowest BCUT2D eigenvalue weighted by atomic mass is 10.2. The molecule has 0 bridgehead atoms. The van der Waals surface area contributed by atoms with Crippen LogP contribution in [0, 0.1) is 0 Å². The number of halogens is 1. The van der Waals surface area contributed by atoms with Gasteiger partial charge in [-0.3, -0.25) is 25.2 Å². The van der Waals surface area contributed by atoms with Crippen LogP contribution >= 0.6 is 11.6 Å². The molecule has 0 fully saturated rings. The molecule has 3 amide bonds. The zero-order chi connectivity index (χ0) is 21.8. The Morgan fingerprint density at radius 2 is 1.60 bits per heavy atom. The molecule has 0 radical (unpaired) electrons. The van der Waals surface area contributed by atoms with Crippen LogP contribution < -0.4 is 20.9 Å². The van der Waals surface area contributed by atoms with Gasteiger partial charge in [0, 0.05) is 18.4 Å². The molecule has 2 rings (SSSR count). The SMILES string of the molecule is CCCCCOc1ccc(C(=O)NNC(=O)CCC(=O)Nc2ccccc2Cl)cc1. The first-order chi connectivity index (χ1) is 14.5. The number of hydrogen-bond donors (Lipinski definition) is 3. The molecule has 0 unspecified atom stereocenters. The summed E-state index contributed by atoms with van der Waals surface area (Å²) in [5, 5.41) is 3.05. The molecular formula is C22H26ClN3O4. The van der Waals surface area contributed by atoms with E-state index in [0.717, 1.165) is 19.3 Å². The van der Waals surface area contributed by atoms with E-state index in [-0.39, 0.29) is 18.7 Å². The standard InChI is InChI=1S/C22H26ClN3O4/c1-2-3-6-15-30-17-11-9-16(10-12-17)22(29)26-25-21(28)14-13-20(27)24-19-8-5-4-7-18(19)23/h4-5,7-12H,2-3,6,13-15H2,1H3,(H,24,27)(H,25,28)(H,26,29). The molecule has 0 atom stereocenters. The van der Waals surface area contributed by atoms with Crippen molar-refractivity contribution in [3.8, 4) is 5.75 Å². The van der Waals surface area contributed by atoms with Crippen molar-refractivity contribution in [2.75, 3.05) is 11.9 Å². The Labute approximate surface area is 181 Å². The van der Waals surface area contributed by atoms with Gasteiger partial charge in [0.25, 0.3) is 5.91 Å². The van der Waals surface area contributed by atoms with Crippen LogP contribution in [0.25, 0.3) is 0 Å². The van der Waals surface area contributed by atoms with Crippen LogP contribution in [0.15, 0.2) is 48.5 Å². The van der Waals surface area contributed by atoms with Gasteiger partial charge in [0.05, 0.1) is 17.3 Å². The molecule has 30 heavy (non-hydrogen) atoms. The highest BCUT2D eigenvalue weighted by Gasteiger charge is 2.11. The number of para-hydroxylation sites is 1. The van der Waals surface area contributed by atoms with Crippen molar-refractivity contribution in [2.24, 2.45) is 0 Å². The average Bonchev–Trinajstić information content (AvgIpc) is 2.75. The van der Waals surface area contributed by atoms with Gasteiger partial charge in [0.1, 0.15) is 5.75 Å². The number of benzene rings is 2. The maximum absolute atomic E-state index is 12.1. The Bertz CT molecular complexity index is 856. The predicted octanol–water partition coefficient (Wildman–Crippen LogP) is 4.09. The highest BCUT2D eigenvalue weighted by molar-refractivity contribution is 6.33. The Morgan fingerprint density at radius 3 is 2.30 bits per heavy atom. The van der Waals surface area contributed by atoms with Gasteiger partial charge in [-0.05, 0) is 42.8 Å². The third-order valence-electron chi connectivity index (χ3n) is 4.18. The third kappa shape index (κ3) is 8.13. The molecule has 0 saturated carbocycles. The number of hydrogen-bond acceptors (Lipinski definition) is 4. The fraction of sp³-hybridized carbons (Fsp3) is 0.318. The Hall–Kier alpha value is -3.06. The van der Waals surface area contributed by atoms with E-state index >= 15 is 0 Å². The second-order valence-electron chi connectivity index (χ2n) is 6.61. The molecule has 2 aromatic carbocycles. The van der Waals surface area contributed by atoms with Crippen molar-refractivity contribution in [3.63, 3.8) is 0 Å². The summed E-state index contributed by atoms with van der Waals surface area (Å²) >= 11 is 5.97. The summed E-state index contributed by atoms with van der Waals surface area (Å²) in [5.41, 5.74) is 5.49. The number of unbranched alkanes of at least 4 members (excludes halogenated alkanes) is 2. The van der Waals surface area contributed by atoms with Gasteiger partial charge in [-0.1, -0.05) is 43.5 Å². The molecule has 2 aromatic rings. The van der Waals surface area contributed by atoms with Crippen molar-refractivity contribution in [1.82, 2.24) is 10.9 Å². The topological polar surface area (TPSA) is 96.5 Å². The van der Waals surface area contributed by atoms with Gasteiger partial charge < -0.3 is 10.1 Å². The molecule has 0 aromatic heterocycles. The highest BCUT2D eigenvalue weighted by Crippen LogP contribution is 2.20. The van der Waals surface area contributed by atoms with E-state index in [9.17, 15) is 14.4 Å². The van der Waals surface area contributed by atoms with Crippen LogP contribution in [-0.4, -0.2) is 24.3 Å². The summed E-state index contributed by atoms with van der Waals surface area (Å²) in [6.07, 6.45) is 3.10. The fourth-order valence-corrected chi connectivity index (χ4v) is 2.69. The number of carbonyl (C=O) groups is 3. The van der Waals surface area contributed by atoms with Gasteiger partial charge in [0.2, 0.25) is 11.8 Å². The Morgan fingerprint density at radius 1 is 0.900 bits per heavy atom. The molecule has 160 valence electrons. The third-order valence-corrected chi connectivity index (χ3v) is 4.51. The Kier molecular flexibility index (Phi) is 9.67. The summed E-state index contributed by atoms with van der Waals surface area (Å²) in [6.45, 7) is 2.77.